The largest absolute Gasteiger partial charge is 0.416 e. The van der Waals surface area contributed by atoms with Crippen LogP contribution in [0.15, 0.2) is 71.6 Å². The molecule has 0 atom stereocenters. The summed E-state index contributed by atoms with van der Waals surface area (Å²) in [4.78, 5) is 13.1. The number of alkyl halides is 3. The molecule has 2 N–H and O–H groups in total. The van der Waals surface area contributed by atoms with Gasteiger partial charge in [-0.1, -0.05) is 17.7 Å². The quantitative estimate of drug-likeness (QED) is 0.297. The number of hydrogen-bond acceptors (Lipinski definition) is 4. The van der Waals surface area contributed by atoms with Crippen LogP contribution < -0.4 is 10.0 Å². The molecule has 0 saturated heterocycles. The van der Waals surface area contributed by atoms with Crippen molar-refractivity contribution in [2.75, 3.05) is 10.0 Å². The fraction of sp³-hybridized carbons (Fsp3) is 0.0870. The van der Waals surface area contributed by atoms with Crippen LogP contribution in [-0.2, 0) is 16.2 Å². The zero-order valence-electron chi connectivity index (χ0n) is 17.4. The van der Waals surface area contributed by atoms with E-state index in [1.165, 1.54) is 48.5 Å². The molecule has 0 aliphatic rings. The van der Waals surface area contributed by atoms with Crippen molar-refractivity contribution in [1.82, 2.24) is 0 Å². The molecule has 0 radical (unpaired) electrons. The van der Waals surface area contributed by atoms with E-state index >= 15 is 0 Å². The maximum atomic E-state index is 13.0. The maximum Gasteiger partial charge on any atom is 0.416 e. The van der Waals surface area contributed by atoms with Crippen molar-refractivity contribution >= 4 is 60.3 Å². The molecule has 1 amide bonds. The smallest absolute Gasteiger partial charge is 0.321 e. The van der Waals surface area contributed by atoms with E-state index in [1.54, 1.807) is 13.0 Å². The standard InChI is InChI=1S/C23H16ClF3N2O3S2/c1-13-19-11-14(23(25,26)27)5-10-20(19)33-21(13)22(30)28-16-6-8-17(9-7-16)29-34(31,32)18-4-2-3-15(24)12-18/h2-12,29H,1H3,(H,28,30). The Morgan fingerprint density at radius 2 is 1.65 bits per heavy atom. The first-order valence-corrected chi connectivity index (χ1v) is 12.4. The molecular formula is C23H16ClF3N2O3S2. The summed E-state index contributed by atoms with van der Waals surface area (Å²) in [5, 5.41) is 3.34. The minimum Gasteiger partial charge on any atom is -0.321 e. The first-order valence-electron chi connectivity index (χ1n) is 9.74. The number of rotatable bonds is 5. The van der Waals surface area contributed by atoms with Gasteiger partial charge in [0.15, 0.2) is 0 Å². The Hall–Kier alpha value is -3.08. The van der Waals surface area contributed by atoms with Crippen LogP contribution in [0.5, 0.6) is 0 Å². The molecule has 0 aliphatic heterocycles. The zero-order valence-corrected chi connectivity index (χ0v) is 19.8. The number of carbonyl (C=O) groups excluding carboxylic acids is 1. The third kappa shape index (κ3) is 5.03. The molecular weight excluding hydrogens is 509 g/mol. The van der Waals surface area contributed by atoms with Gasteiger partial charge in [-0.15, -0.1) is 11.3 Å². The Morgan fingerprint density at radius 3 is 2.29 bits per heavy atom. The summed E-state index contributed by atoms with van der Waals surface area (Å²) >= 11 is 6.96. The zero-order chi connectivity index (χ0) is 24.7. The van der Waals surface area contributed by atoms with E-state index in [-0.39, 0.29) is 15.6 Å². The van der Waals surface area contributed by atoms with Crippen LogP contribution in [0.4, 0.5) is 24.5 Å². The van der Waals surface area contributed by atoms with E-state index in [1.807, 2.05) is 0 Å². The lowest BCUT2D eigenvalue weighted by Gasteiger charge is -2.10. The van der Waals surface area contributed by atoms with Crippen LogP contribution in [0.3, 0.4) is 0 Å². The lowest BCUT2D eigenvalue weighted by molar-refractivity contribution is -0.137. The van der Waals surface area contributed by atoms with E-state index in [4.69, 9.17) is 11.6 Å². The highest BCUT2D eigenvalue weighted by molar-refractivity contribution is 7.92. The summed E-state index contributed by atoms with van der Waals surface area (Å²) in [7, 11) is -3.85. The average Bonchev–Trinajstić information content (AvgIpc) is 3.10. The third-order valence-electron chi connectivity index (χ3n) is 4.97. The van der Waals surface area contributed by atoms with Gasteiger partial charge in [-0.25, -0.2) is 8.42 Å². The number of halogens is 4. The molecule has 11 heteroatoms. The molecule has 4 aromatic rings. The van der Waals surface area contributed by atoms with Crippen LogP contribution in [0, 0.1) is 6.92 Å². The Balaban J connectivity index is 1.51. The van der Waals surface area contributed by atoms with Crippen LogP contribution in [0.2, 0.25) is 5.02 Å². The van der Waals surface area contributed by atoms with Gasteiger partial charge in [-0.05, 0) is 78.5 Å². The minimum atomic E-state index is -4.47. The molecule has 0 fully saturated rings. The number of aryl methyl sites for hydroxylation is 1. The van der Waals surface area contributed by atoms with Crippen molar-refractivity contribution in [3.8, 4) is 0 Å². The number of hydrogen-bond donors (Lipinski definition) is 2. The van der Waals surface area contributed by atoms with Crippen LogP contribution >= 0.6 is 22.9 Å². The molecule has 5 nitrogen and oxygen atoms in total. The number of anilines is 2. The first kappa shape index (κ1) is 24.1. The van der Waals surface area contributed by atoms with Gasteiger partial charge < -0.3 is 5.32 Å². The summed E-state index contributed by atoms with van der Waals surface area (Å²) in [6.07, 6.45) is -4.47. The molecule has 0 bridgehead atoms. The van der Waals surface area contributed by atoms with Crippen LogP contribution in [0.1, 0.15) is 20.8 Å². The maximum absolute atomic E-state index is 13.0. The molecule has 176 valence electrons. The Morgan fingerprint density at radius 1 is 0.971 bits per heavy atom. The van der Waals surface area contributed by atoms with Crippen LogP contribution in [0.25, 0.3) is 10.1 Å². The topological polar surface area (TPSA) is 75.3 Å². The summed E-state index contributed by atoms with van der Waals surface area (Å²) < 4.78 is 67.1. The van der Waals surface area contributed by atoms with Gasteiger partial charge in [0, 0.05) is 21.1 Å². The first-order chi connectivity index (χ1) is 15.9. The second kappa shape index (κ2) is 8.94. The fourth-order valence-electron chi connectivity index (χ4n) is 3.27. The average molecular weight is 525 g/mol. The predicted octanol–water partition coefficient (Wildman–Crippen LogP) is 6.94. The molecule has 3 aromatic carbocycles. The van der Waals surface area contributed by atoms with Crippen molar-refractivity contribution < 1.29 is 26.4 Å². The number of benzene rings is 3. The number of thiophene rings is 1. The highest BCUT2D eigenvalue weighted by Gasteiger charge is 2.31. The third-order valence-corrected chi connectivity index (χ3v) is 7.86. The molecule has 34 heavy (non-hydrogen) atoms. The van der Waals surface area contributed by atoms with Gasteiger partial charge in [-0.3, -0.25) is 9.52 Å². The number of nitrogens with one attached hydrogen (secondary N) is 2. The van der Waals surface area contributed by atoms with Gasteiger partial charge >= 0.3 is 6.18 Å². The van der Waals surface area contributed by atoms with Gasteiger partial charge in [0.1, 0.15) is 0 Å². The normalized spacial score (nSPS) is 12.0. The van der Waals surface area contributed by atoms with E-state index in [0.717, 1.165) is 23.5 Å². The molecule has 0 saturated carbocycles. The Kier molecular flexibility index (Phi) is 6.32. The highest BCUT2D eigenvalue weighted by Crippen LogP contribution is 2.37. The molecule has 0 unspecified atom stereocenters. The van der Waals surface area contributed by atoms with Crippen molar-refractivity contribution in [2.45, 2.75) is 18.0 Å². The van der Waals surface area contributed by atoms with E-state index in [0.29, 0.717) is 26.2 Å². The molecule has 0 aliphatic carbocycles. The van der Waals surface area contributed by atoms with E-state index in [9.17, 15) is 26.4 Å². The number of amides is 1. The van der Waals surface area contributed by atoms with Crippen molar-refractivity contribution in [3.63, 3.8) is 0 Å². The number of sulfonamides is 1. The van der Waals surface area contributed by atoms with Crippen LogP contribution in [-0.4, -0.2) is 14.3 Å². The lowest BCUT2D eigenvalue weighted by atomic mass is 10.1. The summed E-state index contributed by atoms with van der Waals surface area (Å²) in [5.74, 6) is -0.473. The molecule has 0 spiro atoms. The molecule has 1 aromatic heterocycles. The summed E-state index contributed by atoms with van der Waals surface area (Å²) in [5.41, 5.74) is 0.345. The van der Waals surface area contributed by atoms with Crippen molar-refractivity contribution in [1.29, 1.82) is 0 Å². The minimum absolute atomic E-state index is 0.00583. The second-order valence-corrected chi connectivity index (χ2v) is 10.5. The Labute approximate surface area is 202 Å². The predicted molar refractivity (Wildman–Crippen MR) is 128 cm³/mol. The highest BCUT2D eigenvalue weighted by atomic mass is 35.5. The number of fused-ring (bicyclic) bond motifs is 1. The number of carbonyl (C=O) groups is 1. The molecule has 1 heterocycles. The SMILES string of the molecule is Cc1c(C(=O)Nc2ccc(NS(=O)(=O)c3cccc(Cl)c3)cc2)sc2ccc(C(F)(F)F)cc12. The van der Waals surface area contributed by atoms with Gasteiger partial charge in [-0.2, -0.15) is 13.2 Å². The van der Waals surface area contributed by atoms with E-state index < -0.39 is 27.7 Å². The van der Waals surface area contributed by atoms with E-state index in [2.05, 4.69) is 10.0 Å². The van der Waals surface area contributed by atoms with Gasteiger partial charge in [0.05, 0.1) is 15.3 Å². The lowest BCUT2D eigenvalue weighted by Crippen LogP contribution is -2.13. The van der Waals surface area contributed by atoms with Gasteiger partial charge in [0.25, 0.3) is 15.9 Å². The summed E-state index contributed by atoms with van der Waals surface area (Å²) in [6.45, 7) is 1.60. The fourth-order valence-corrected chi connectivity index (χ4v) is 5.72. The van der Waals surface area contributed by atoms with Crippen molar-refractivity contribution in [2.24, 2.45) is 0 Å². The van der Waals surface area contributed by atoms with Crippen molar-refractivity contribution in [3.05, 3.63) is 87.8 Å². The second-order valence-electron chi connectivity index (χ2n) is 7.36. The Bertz CT molecular complexity index is 1500. The monoisotopic (exact) mass is 524 g/mol. The molecule has 4 rings (SSSR count). The summed E-state index contributed by atoms with van der Waals surface area (Å²) in [6, 6.07) is 15.2. The van der Waals surface area contributed by atoms with Gasteiger partial charge in [0.2, 0.25) is 0 Å².